The number of rotatable bonds is 3. The van der Waals surface area contributed by atoms with Gasteiger partial charge in [-0.1, -0.05) is 30.3 Å². The van der Waals surface area contributed by atoms with Gasteiger partial charge in [0.05, 0.1) is 5.92 Å². The van der Waals surface area contributed by atoms with Crippen LogP contribution in [0.25, 0.3) is 0 Å². The smallest absolute Gasteiger partial charge is 0.395 e. The average molecular weight is 266 g/mol. The predicted molar refractivity (Wildman–Crippen MR) is 67.4 cm³/mol. The summed E-state index contributed by atoms with van der Waals surface area (Å²) in [5.74, 6) is -0.304. The molecule has 0 aliphatic rings. The molecule has 0 aliphatic heterocycles. The molecule has 1 nitrogen and oxygen atoms in total. The van der Waals surface area contributed by atoms with E-state index in [4.69, 9.17) is 4.74 Å². The molecule has 0 aromatic heterocycles. The molecule has 0 N–H and O–H groups in total. The molecule has 2 rings (SSSR count). The second kappa shape index (κ2) is 5.34. The van der Waals surface area contributed by atoms with Crippen LogP contribution in [0.1, 0.15) is 18.4 Å². The van der Waals surface area contributed by atoms with Crippen molar-refractivity contribution in [3.8, 4) is 11.5 Å². The Labute approximate surface area is 109 Å². The standard InChI is InChI=1S/C15H13F3O/c1-11(15(16,17)18)12-7-9-14(10-8-12)19-13-5-3-2-4-6-13/h2-11H,1H3. The van der Waals surface area contributed by atoms with E-state index in [1.165, 1.54) is 12.1 Å². The Morgan fingerprint density at radius 3 is 1.89 bits per heavy atom. The fourth-order valence-electron chi connectivity index (χ4n) is 1.64. The van der Waals surface area contributed by atoms with Gasteiger partial charge in [0.15, 0.2) is 0 Å². The van der Waals surface area contributed by atoms with E-state index in [0.717, 1.165) is 6.92 Å². The van der Waals surface area contributed by atoms with E-state index in [1.807, 2.05) is 18.2 Å². The van der Waals surface area contributed by atoms with Crippen molar-refractivity contribution >= 4 is 0 Å². The van der Waals surface area contributed by atoms with E-state index in [1.54, 1.807) is 24.3 Å². The fraction of sp³-hybridized carbons (Fsp3) is 0.200. The molecule has 0 heterocycles. The molecule has 4 heteroatoms. The lowest BCUT2D eigenvalue weighted by molar-refractivity contribution is -0.146. The van der Waals surface area contributed by atoms with Crippen molar-refractivity contribution in [3.05, 3.63) is 60.2 Å². The molecular weight excluding hydrogens is 253 g/mol. The Morgan fingerprint density at radius 2 is 1.37 bits per heavy atom. The number of halogens is 3. The maximum absolute atomic E-state index is 12.6. The average Bonchev–Trinajstić information content (AvgIpc) is 2.39. The normalized spacial score (nSPS) is 13.1. The number of ether oxygens (including phenoxy) is 1. The van der Waals surface area contributed by atoms with E-state index < -0.39 is 12.1 Å². The Kier molecular flexibility index (Phi) is 3.79. The van der Waals surface area contributed by atoms with E-state index in [0.29, 0.717) is 11.5 Å². The molecule has 1 unspecified atom stereocenters. The highest BCUT2D eigenvalue weighted by atomic mass is 19.4. The lowest BCUT2D eigenvalue weighted by Gasteiger charge is -2.16. The van der Waals surface area contributed by atoms with Crippen LogP contribution in [0.5, 0.6) is 11.5 Å². The molecular formula is C15H13F3O. The first-order chi connectivity index (χ1) is 8.97. The summed E-state index contributed by atoms with van der Waals surface area (Å²) < 4.78 is 43.2. The molecule has 0 aliphatic carbocycles. The van der Waals surface area contributed by atoms with Crippen molar-refractivity contribution in [3.63, 3.8) is 0 Å². The van der Waals surface area contributed by atoms with Gasteiger partial charge >= 0.3 is 6.18 Å². The highest BCUT2D eigenvalue weighted by molar-refractivity contribution is 5.34. The Hall–Kier alpha value is -1.97. The van der Waals surface area contributed by atoms with Crippen molar-refractivity contribution in [2.45, 2.75) is 19.0 Å². The van der Waals surface area contributed by atoms with Gasteiger partial charge in [-0.15, -0.1) is 0 Å². The number of para-hydroxylation sites is 1. The largest absolute Gasteiger partial charge is 0.457 e. The van der Waals surface area contributed by atoms with Crippen LogP contribution in [-0.4, -0.2) is 6.18 Å². The number of hydrogen-bond donors (Lipinski definition) is 0. The second-order valence-electron chi connectivity index (χ2n) is 4.25. The first-order valence-corrected chi connectivity index (χ1v) is 5.86. The number of hydrogen-bond acceptors (Lipinski definition) is 1. The summed E-state index contributed by atoms with van der Waals surface area (Å²) in [6.45, 7) is 1.15. The lowest BCUT2D eigenvalue weighted by atomic mass is 10.0. The number of benzene rings is 2. The van der Waals surface area contributed by atoms with Crippen molar-refractivity contribution in [2.75, 3.05) is 0 Å². The molecule has 2 aromatic carbocycles. The zero-order chi connectivity index (χ0) is 13.9. The third-order valence-electron chi connectivity index (χ3n) is 2.85. The van der Waals surface area contributed by atoms with Crippen molar-refractivity contribution in [1.29, 1.82) is 0 Å². The van der Waals surface area contributed by atoms with Crippen LogP contribution in [0.2, 0.25) is 0 Å². The van der Waals surface area contributed by atoms with Gasteiger partial charge < -0.3 is 4.74 Å². The second-order valence-corrected chi connectivity index (χ2v) is 4.25. The summed E-state index contributed by atoms with van der Waals surface area (Å²) in [4.78, 5) is 0. The van der Waals surface area contributed by atoms with Crippen molar-refractivity contribution < 1.29 is 17.9 Å². The Morgan fingerprint density at radius 1 is 0.842 bits per heavy atom. The molecule has 19 heavy (non-hydrogen) atoms. The molecule has 100 valence electrons. The van der Waals surface area contributed by atoms with Crippen LogP contribution in [0, 0.1) is 0 Å². The summed E-state index contributed by atoms with van der Waals surface area (Å²) in [6, 6.07) is 15.1. The van der Waals surface area contributed by atoms with Crippen LogP contribution in [-0.2, 0) is 0 Å². The van der Waals surface area contributed by atoms with Gasteiger partial charge in [-0.2, -0.15) is 13.2 Å². The summed E-state index contributed by atoms with van der Waals surface area (Å²) in [5, 5.41) is 0. The minimum atomic E-state index is -4.22. The summed E-state index contributed by atoms with van der Waals surface area (Å²) in [5.41, 5.74) is 0.230. The van der Waals surface area contributed by atoms with Gasteiger partial charge in [0, 0.05) is 0 Å². The third kappa shape index (κ3) is 3.50. The monoisotopic (exact) mass is 266 g/mol. The minimum absolute atomic E-state index is 0.230. The molecule has 0 radical (unpaired) electrons. The van der Waals surface area contributed by atoms with Crippen molar-refractivity contribution in [1.82, 2.24) is 0 Å². The van der Waals surface area contributed by atoms with Crippen LogP contribution >= 0.6 is 0 Å². The molecule has 0 fully saturated rings. The van der Waals surface area contributed by atoms with Gasteiger partial charge in [0.1, 0.15) is 11.5 Å². The van der Waals surface area contributed by atoms with E-state index in [9.17, 15) is 13.2 Å². The number of alkyl halides is 3. The maximum Gasteiger partial charge on any atom is 0.395 e. The Balaban J connectivity index is 2.11. The Bertz CT molecular complexity index is 517. The molecule has 0 spiro atoms. The fourth-order valence-corrected chi connectivity index (χ4v) is 1.64. The van der Waals surface area contributed by atoms with Gasteiger partial charge in [-0.3, -0.25) is 0 Å². The summed E-state index contributed by atoms with van der Waals surface area (Å²) in [7, 11) is 0. The highest BCUT2D eigenvalue weighted by Gasteiger charge is 2.36. The maximum atomic E-state index is 12.6. The van der Waals surface area contributed by atoms with Crippen LogP contribution in [0.4, 0.5) is 13.2 Å². The van der Waals surface area contributed by atoms with Gasteiger partial charge in [0.2, 0.25) is 0 Å². The lowest BCUT2D eigenvalue weighted by Crippen LogP contribution is -2.17. The molecule has 0 amide bonds. The van der Waals surface area contributed by atoms with E-state index >= 15 is 0 Å². The minimum Gasteiger partial charge on any atom is -0.457 e. The highest BCUT2D eigenvalue weighted by Crippen LogP contribution is 2.35. The van der Waals surface area contributed by atoms with Crippen LogP contribution in [0.15, 0.2) is 54.6 Å². The zero-order valence-electron chi connectivity index (χ0n) is 10.3. The predicted octanol–water partition coefficient (Wildman–Crippen LogP) is 5.14. The third-order valence-corrected chi connectivity index (χ3v) is 2.85. The van der Waals surface area contributed by atoms with E-state index in [-0.39, 0.29) is 5.56 Å². The quantitative estimate of drug-likeness (QED) is 0.747. The molecule has 0 saturated heterocycles. The summed E-state index contributed by atoms with van der Waals surface area (Å²) in [6.07, 6.45) is -4.22. The molecule has 0 bridgehead atoms. The van der Waals surface area contributed by atoms with Crippen molar-refractivity contribution in [2.24, 2.45) is 0 Å². The topological polar surface area (TPSA) is 9.23 Å². The van der Waals surface area contributed by atoms with Crippen LogP contribution < -0.4 is 4.74 Å². The summed E-state index contributed by atoms with van der Waals surface area (Å²) >= 11 is 0. The van der Waals surface area contributed by atoms with Gasteiger partial charge in [0.25, 0.3) is 0 Å². The zero-order valence-corrected chi connectivity index (χ0v) is 10.3. The first kappa shape index (κ1) is 13.5. The van der Waals surface area contributed by atoms with E-state index in [2.05, 4.69) is 0 Å². The SMILES string of the molecule is CC(c1ccc(Oc2ccccc2)cc1)C(F)(F)F. The van der Waals surface area contributed by atoms with Gasteiger partial charge in [-0.05, 0) is 36.8 Å². The van der Waals surface area contributed by atoms with Gasteiger partial charge in [-0.25, -0.2) is 0 Å². The van der Waals surface area contributed by atoms with Crippen LogP contribution in [0.3, 0.4) is 0 Å². The molecule has 1 atom stereocenters. The molecule has 2 aromatic rings. The molecule has 0 saturated carbocycles. The first-order valence-electron chi connectivity index (χ1n) is 5.86.